The third-order valence-corrected chi connectivity index (χ3v) is 4.73. The van der Waals surface area contributed by atoms with Crippen LogP contribution in [0.2, 0.25) is 0 Å². The largest absolute Gasteiger partial charge is 0.393 e. The topological polar surface area (TPSA) is 104 Å². The number of piperidine rings is 2. The van der Waals surface area contributed by atoms with Gasteiger partial charge in [-0.2, -0.15) is 8.42 Å². The summed E-state index contributed by atoms with van der Waals surface area (Å²) in [5.74, 6) is 0.148. The maximum absolute atomic E-state index is 11.0. The van der Waals surface area contributed by atoms with Crippen LogP contribution in [0.25, 0.3) is 0 Å². The molecular weight excluding hydrogens is 336 g/mol. The Hall–Kier alpha value is -1.19. The van der Waals surface area contributed by atoms with E-state index in [0.29, 0.717) is 25.9 Å². The zero-order valence-electron chi connectivity index (χ0n) is 14.6. The predicted molar refractivity (Wildman–Crippen MR) is 88.7 cm³/mol. The van der Waals surface area contributed by atoms with Crippen molar-refractivity contribution in [3.63, 3.8) is 0 Å². The van der Waals surface area contributed by atoms with Crippen LogP contribution in [-0.2, 0) is 23.9 Å². The molecule has 0 aliphatic carbocycles. The highest BCUT2D eigenvalue weighted by molar-refractivity contribution is 7.86. The maximum atomic E-state index is 11.0. The van der Waals surface area contributed by atoms with Crippen LogP contribution >= 0.6 is 0 Å². The number of rotatable bonds is 2. The summed E-state index contributed by atoms with van der Waals surface area (Å²) in [6.45, 7) is 5.67. The third kappa shape index (κ3) is 8.07. The number of nitrogens with zero attached hydrogens (tertiary/aromatic N) is 2. The molecular formula is C15H28N2O6S. The smallest absolute Gasteiger partial charge is 0.264 e. The first-order valence-electron chi connectivity index (χ1n) is 8.16. The molecule has 2 saturated heterocycles. The Morgan fingerprint density at radius 2 is 1.29 bits per heavy atom. The van der Waals surface area contributed by atoms with Gasteiger partial charge in [0.1, 0.15) is 0 Å². The molecule has 2 aliphatic heterocycles. The summed E-state index contributed by atoms with van der Waals surface area (Å²) >= 11 is 0. The summed E-state index contributed by atoms with van der Waals surface area (Å²) in [5.41, 5.74) is 0. The van der Waals surface area contributed by atoms with E-state index in [2.05, 4.69) is 0 Å². The van der Waals surface area contributed by atoms with Crippen molar-refractivity contribution in [1.82, 2.24) is 9.80 Å². The van der Waals surface area contributed by atoms with Crippen molar-refractivity contribution >= 4 is 21.9 Å². The van der Waals surface area contributed by atoms with Crippen molar-refractivity contribution in [3.05, 3.63) is 0 Å². The summed E-state index contributed by atoms with van der Waals surface area (Å²) < 4.78 is 26.5. The summed E-state index contributed by atoms with van der Waals surface area (Å²) in [6, 6.07) is 0. The van der Waals surface area contributed by atoms with Gasteiger partial charge in [0.2, 0.25) is 11.8 Å². The lowest BCUT2D eigenvalue weighted by molar-refractivity contribution is -0.131. The normalized spacial score (nSPS) is 20.3. The Bertz CT molecular complexity index is 520. The van der Waals surface area contributed by atoms with Crippen LogP contribution in [-0.4, -0.2) is 79.8 Å². The minimum Gasteiger partial charge on any atom is -0.393 e. The second-order valence-electron chi connectivity index (χ2n) is 6.24. The Morgan fingerprint density at radius 1 is 0.917 bits per heavy atom. The van der Waals surface area contributed by atoms with E-state index < -0.39 is 10.1 Å². The SMILES string of the molecule is CC(=O)N1CCC(O)CC1.CC(=O)N1CCC(OS(C)(=O)=O)CC1. The van der Waals surface area contributed by atoms with Crippen LogP contribution in [0.1, 0.15) is 39.5 Å². The van der Waals surface area contributed by atoms with E-state index in [-0.39, 0.29) is 24.0 Å². The van der Waals surface area contributed by atoms with Gasteiger partial charge in [0.25, 0.3) is 10.1 Å². The van der Waals surface area contributed by atoms with E-state index in [1.807, 2.05) is 0 Å². The number of aliphatic hydroxyl groups excluding tert-OH is 1. The molecule has 2 rings (SSSR count). The summed E-state index contributed by atoms with van der Waals surface area (Å²) in [5, 5.41) is 9.07. The quantitative estimate of drug-likeness (QED) is 0.690. The van der Waals surface area contributed by atoms with E-state index >= 15 is 0 Å². The molecule has 0 bridgehead atoms. The average molecular weight is 364 g/mol. The van der Waals surface area contributed by atoms with Gasteiger partial charge < -0.3 is 14.9 Å². The van der Waals surface area contributed by atoms with Crippen molar-refractivity contribution in [2.45, 2.75) is 51.7 Å². The van der Waals surface area contributed by atoms with Gasteiger partial charge >= 0.3 is 0 Å². The second-order valence-corrected chi connectivity index (χ2v) is 7.84. The van der Waals surface area contributed by atoms with Crippen LogP contribution in [0.3, 0.4) is 0 Å². The molecule has 0 aromatic heterocycles. The van der Waals surface area contributed by atoms with Crippen molar-refractivity contribution in [3.8, 4) is 0 Å². The van der Waals surface area contributed by atoms with E-state index in [1.54, 1.807) is 16.7 Å². The van der Waals surface area contributed by atoms with Gasteiger partial charge in [0.15, 0.2) is 0 Å². The highest BCUT2D eigenvalue weighted by Gasteiger charge is 2.23. The van der Waals surface area contributed by atoms with E-state index in [4.69, 9.17) is 9.29 Å². The molecule has 0 radical (unpaired) electrons. The van der Waals surface area contributed by atoms with E-state index in [1.165, 1.54) is 6.92 Å². The maximum Gasteiger partial charge on any atom is 0.264 e. The molecule has 2 heterocycles. The number of carbonyl (C=O) groups excluding carboxylic acids is 2. The lowest BCUT2D eigenvalue weighted by Gasteiger charge is -2.30. The number of hydrogen-bond acceptors (Lipinski definition) is 6. The number of amides is 2. The zero-order chi connectivity index (χ0) is 18.3. The minimum absolute atomic E-state index is 0.0304. The molecule has 8 nitrogen and oxygen atoms in total. The Kier molecular flexibility index (Phi) is 8.11. The molecule has 2 fully saturated rings. The Morgan fingerprint density at radius 3 is 1.62 bits per heavy atom. The molecule has 0 unspecified atom stereocenters. The molecule has 0 atom stereocenters. The molecule has 1 N–H and O–H groups in total. The van der Waals surface area contributed by atoms with Crippen LogP contribution in [0.5, 0.6) is 0 Å². The van der Waals surface area contributed by atoms with Crippen LogP contribution in [0.4, 0.5) is 0 Å². The molecule has 2 amide bonds. The molecule has 24 heavy (non-hydrogen) atoms. The zero-order valence-corrected chi connectivity index (χ0v) is 15.4. The van der Waals surface area contributed by atoms with Crippen molar-refractivity contribution in [1.29, 1.82) is 0 Å². The van der Waals surface area contributed by atoms with Gasteiger partial charge in [0, 0.05) is 40.0 Å². The van der Waals surface area contributed by atoms with Crippen LogP contribution in [0, 0.1) is 0 Å². The van der Waals surface area contributed by atoms with Crippen molar-refractivity contribution in [2.75, 3.05) is 32.4 Å². The monoisotopic (exact) mass is 364 g/mol. The summed E-state index contributed by atoms with van der Waals surface area (Å²) in [4.78, 5) is 25.2. The van der Waals surface area contributed by atoms with Gasteiger partial charge in [0.05, 0.1) is 18.5 Å². The van der Waals surface area contributed by atoms with Gasteiger partial charge in [-0.25, -0.2) is 0 Å². The van der Waals surface area contributed by atoms with E-state index in [0.717, 1.165) is 32.2 Å². The third-order valence-electron chi connectivity index (χ3n) is 4.11. The first-order valence-corrected chi connectivity index (χ1v) is 9.97. The average Bonchev–Trinajstić information content (AvgIpc) is 2.47. The van der Waals surface area contributed by atoms with Gasteiger partial charge in [-0.15, -0.1) is 0 Å². The molecule has 0 spiro atoms. The lowest BCUT2D eigenvalue weighted by atomic mass is 10.1. The molecule has 0 aromatic rings. The van der Waals surface area contributed by atoms with Gasteiger partial charge in [-0.3, -0.25) is 13.8 Å². The molecule has 2 aliphatic rings. The molecule has 140 valence electrons. The summed E-state index contributed by atoms with van der Waals surface area (Å²) in [6.07, 6.45) is 3.25. The fourth-order valence-corrected chi connectivity index (χ4v) is 3.38. The summed E-state index contributed by atoms with van der Waals surface area (Å²) in [7, 11) is -3.36. The van der Waals surface area contributed by atoms with Crippen molar-refractivity contribution in [2.24, 2.45) is 0 Å². The van der Waals surface area contributed by atoms with Crippen LogP contribution < -0.4 is 0 Å². The minimum atomic E-state index is -3.36. The first kappa shape index (κ1) is 20.9. The number of hydrogen-bond donors (Lipinski definition) is 1. The fraction of sp³-hybridized carbons (Fsp3) is 0.867. The Balaban J connectivity index is 0.000000254. The standard InChI is InChI=1S/C8H15NO4S.C7H13NO2/c1-7(10)9-5-3-8(4-6-9)13-14(2,11)12;1-6(9)8-4-2-7(10)3-5-8/h8H,3-6H2,1-2H3;7,10H,2-5H2,1H3. The molecule has 0 aromatic carbocycles. The molecule has 9 heteroatoms. The Labute approximate surface area is 143 Å². The van der Waals surface area contributed by atoms with Gasteiger partial charge in [-0.05, 0) is 25.7 Å². The van der Waals surface area contributed by atoms with E-state index in [9.17, 15) is 18.0 Å². The molecule has 0 saturated carbocycles. The number of aliphatic hydroxyl groups is 1. The second kappa shape index (κ2) is 9.33. The number of likely N-dealkylation sites (tertiary alicyclic amines) is 2. The van der Waals surface area contributed by atoms with Crippen molar-refractivity contribution < 1.29 is 27.3 Å². The highest BCUT2D eigenvalue weighted by atomic mass is 32.2. The predicted octanol–water partition coefficient (Wildman–Crippen LogP) is -0.0369. The highest BCUT2D eigenvalue weighted by Crippen LogP contribution is 2.15. The lowest BCUT2D eigenvalue weighted by Crippen LogP contribution is -2.40. The number of carbonyl (C=O) groups is 2. The first-order chi connectivity index (χ1) is 11.1. The van der Waals surface area contributed by atoms with Crippen LogP contribution in [0.15, 0.2) is 0 Å². The fourth-order valence-electron chi connectivity index (χ4n) is 2.69. The van der Waals surface area contributed by atoms with Gasteiger partial charge in [-0.1, -0.05) is 0 Å².